The molecule has 0 saturated heterocycles. The lowest BCUT2D eigenvalue weighted by Crippen LogP contribution is -2.36. The van der Waals surface area contributed by atoms with Crippen molar-refractivity contribution in [3.63, 3.8) is 0 Å². The normalized spacial score (nSPS) is 22.7. The largest absolute Gasteiger partial charge is 0.347 e. The summed E-state index contributed by atoms with van der Waals surface area (Å²) < 4.78 is 15.8. The van der Waals surface area contributed by atoms with Crippen LogP contribution < -0.4 is 5.32 Å². The molecule has 100 valence electrons. The van der Waals surface area contributed by atoms with Crippen molar-refractivity contribution in [3.05, 3.63) is 35.3 Å². The molecule has 0 amide bonds. The number of hydrogen-bond acceptors (Lipinski definition) is 1. The Bertz CT molecular complexity index is 640. The molecule has 3 heteroatoms. The Morgan fingerprint density at radius 2 is 2.05 bits per heavy atom. The number of rotatable bonds is 2. The van der Waals surface area contributed by atoms with Gasteiger partial charge in [0.1, 0.15) is 5.82 Å². The molecule has 2 nitrogen and oxygen atoms in total. The molecule has 1 saturated carbocycles. The average molecular weight is 258 g/mol. The van der Waals surface area contributed by atoms with Gasteiger partial charge in [0.05, 0.1) is 0 Å². The van der Waals surface area contributed by atoms with Crippen LogP contribution in [-0.4, -0.2) is 16.7 Å². The summed E-state index contributed by atoms with van der Waals surface area (Å²) >= 11 is 0. The fraction of sp³-hybridized carbons (Fsp3) is 0.500. The highest BCUT2D eigenvalue weighted by Crippen LogP contribution is 2.33. The summed E-state index contributed by atoms with van der Waals surface area (Å²) in [5, 5.41) is 4.83. The molecular weight excluding hydrogens is 239 g/mol. The van der Waals surface area contributed by atoms with Crippen molar-refractivity contribution in [2.24, 2.45) is 7.05 Å². The number of fused-ring (bicyclic) bond motifs is 3. The van der Waals surface area contributed by atoms with E-state index in [1.165, 1.54) is 36.0 Å². The Labute approximate surface area is 112 Å². The van der Waals surface area contributed by atoms with Gasteiger partial charge in [0.15, 0.2) is 0 Å². The Hall–Kier alpha value is -1.35. The topological polar surface area (TPSA) is 17.0 Å². The fourth-order valence-electron chi connectivity index (χ4n) is 3.48. The van der Waals surface area contributed by atoms with Crippen molar-refractivity contribution in [3.8, 4) is 0 Å². The molecule has 1 N–H and O–H groups in total. The number of nitrogens with zero attached hydrogens (tertiary/aromatic N) is 1. The first-order valence-electron chi connectivity index (χ1n) is 7.24. The first-order valence-corrected chi connectivity index (χ1v) is 7.24. The maximum absolute atomic E-state index is 13.5. The first-order chi connectivity index (χ1) is 9.22. The molecule has 19 heavy (non-hydrogen) atoms. The van der Waals surface area contributed by atoms with Crippen LogP contribution in [0, 0.1) is 5.82 Å². The maximum Gasteiger partial charge on any atom is 0.123 e. The van der Waals surface area contributed by atoms with E-state index in [-0.39, 0.29) is 5.82 Å². The zero-order valence-corrected chi connectivity index (χ0v) is 11.2. The minimum absolute atomic E-state index is 0.127. The molecule has 2 aliphatic rings. The predicted molar refractivity (Wildman–Crippen MR) is 74.8 cm³/mol. The molecule has 1 aromatic carbocycles. The van der Waals surface area contributed by atoms with E-state index in [1.54, 1.807) is 12.1 Å². The lowest BCUT2D eigenvalue weighted by atomic mass is 9.91. The molecule has 1 atom stereocenters. The molecule has 0 aliphatic heterocycles. The van der Waals surface area contributed by atoms with E-state index in [9.17, 15) is 4.39 Å². The first kappa shape index (κ1) is 11.5. The van der Waals surface area contributed by atoms with E-state index >= 15 is 0 Å². The minimum atomic E-state index is -0.127. The summed E-state index contributed by atoms with van der Waals surface area (Å²) in [5.41, 5.74) is 3.93. The quantitative estimate of drug-likeness (QED) is 0.876. The van der Waals surface area contributed by atoms with Gasteiger partial charge < -0.3 is 9.88 Å². The van der Waals surface area contributed by atoms with Gasteiger partial charge in [-0.25, -0.2) is 4.39 Å². The van der Waals surface area contributed by atoms with E-state index in [2.05, 4.69) is 16.9 Å². The maximum atomic E-state index is 13.5. The van der Waals surface area contributed by atoms with Crippen LogP contribution in [0.2, 0.25) is 0 Å². The molecule has 1 aromatic heterocycles. The monoisotopic (exact) mass is 258 g/mol. The number of benzene rings is 1. The highest BCUT2D eigenvalue weighted by Gasteiger charge is 2.29. The van der Waals surface area contributed by atoms with Crippen molar-refractivity contribution in [1.82, 2.24) is 9.88 Å². The van der Waals surface area contributed by atoms with E-state index in [0.717, 1.165) is 24.3 Å². The third-order valence-corrected chi connectivity index (χ3v) is 4.63. The number of aryl methyl sites for hydroxylation is 1. The van der Waals surface area contributed by atoms with Gasteiger partial charge in [-0.15, -0.1) is 0 Å². The van der Waals surface area contributed by atoms with Gasteiger partial charge in [0.2, 0.25) is 0 Å². The van der Waals surface area contributed by atoms with Crippen LogP contribution >= 0.6 is 0 Å². The van der Waals surface area contributed by atoms with Gasteiger partial charge in [-0.05, 0) is 55.9 Å². The van der Waals surface area contributed by atoms with Gasteiger partial charge >= 0.3 is 0 Å². The van der Waals surface area contributed by atoms with Gasteiger partial charge in [0, 0.05) is 35.7 Å². The van der Waals surface area contributed by atoms with Crippen molar-refractivity contribution in [2.75, 3.05) is 0 Å². The van der Waals surface area contributed by atoms with Gasteiger partial charge in [-0.3, -0.25) is 0 Å². The highest BCUT2D eigenvalue weighted by atomic mass is 19.1. The molecule has 4 rings (SSSR count). The third-order valence-electron chi connectivity index (χ3n) is 4.63. The van der Waals surface area contributed by atoms with Crippen molar-refractivity contribution >= 4 is 10.9 Å². The standard InChI is InChI=1S/C16H19FN2/c1-19-15-6-2-10(17)8-13(15)14-9-12(5-7-16(14)19)18-11-3-4-11/h2,6,8,11-12,18H,3-5,7,9H2,1H3. The Balaban J connectivity index is 1.77. The molecule has 0 bridgehead atoms. The van der Waals surface area contributed by atoms with Crippen LogP contribution in [0.15, 0.2) is 18.2 Å². The lowest BCUT2D eigenvalue weighted by molar-refractivity contribution is 0.450. The molecule has 1 heterocycles. The van der Waals surface area contributed by atoms with Crippen molar-refractivity contribution < 1.29 is 4.39 Å². The highest BCUT2D eigenvalue weighted by molar-refractivity contribution is 5.86. The van der Waals surface area contributed by atoms with E-state index < -0.39 is 0 Å². The van der Waals surface area contributed by atoms with E-state index in [0.29, 0.717) is 6.04 Å². The van der Waals surface area contributed by atoms with Crippen LogP contribution in [0.5, 0.6) is 0 Å². The molecule has 2 aromatic rings. The van der Waals surface area contributed by atoms with Gasteiger partial charge in [0.25, 0.3) is 0 Å². The number of nitrogens with one attached hydrogen (secondary N) is 1. The van der Waals surface area contributed by atoms with Crippen LogP contribution in [0.1, 0.15) is 30.5 Å². The summed E-state index contributed by atoms with van der Waals surface area (Å²) in [7, 11) is 2.10. The lowest BCUT2D eigenvalue weighted by Gasteiger charge is -2.24. The van der Waals surface area contributed by atoms with Crippen molar-refractivity contribution in [2.45, 2.75) is 44.2 Å². The van der Waals surface area contributed by atoms with E-state index in [1.807, 2.05) is 6.07 Å². The molecule has 2 aliphatic carbocycles. The average Bonchev–Trinajstić information content (AvgIpc) is 3.17. The SMILES string of the molecule is Cn1c2c(c3cc(F)ccc31)CC(NC1CC1)CC2. The number of aromatic nitrogens is 1. The smallest absolute Gasteiger partial charge is 0.123 e. The van der Waals surface area contributed by atoms with Gasteiger partial charge in [-0.1, -0.05) is 0 Å². The van der Waals surface area contributed by atoms with Gasteiger partial charge in [-0.2, -0.15) is 0 Å². The van der Waals surface area contributed by atoms with Crippen LogP contribution in [0.25, 0.3) is 10.9 Å². The van der Waals surface area contributed by atoms with E-state index in [4.69, 9.17) is 0 Å². The Morgan fingerprint density at radius 1 is 1.21 bits per heavy atom. The van der Waals surface area contributed by atoms with Crippen molar-refractivity contribution in [1.29, 1.82) is 0 Å². The second kappa shape index (κ2) is 4.07. The fourth-order valence-corrected chi connectivity index (χ4v) is 3.48. The summed E-state index contributed by atoms with van der Waals surface area (Å²) in [6.07, 6.45) is 6.01. The molecule has 1 fully saturated rings. The van der Waals surface area contributed by atoms with Crippen LogP contribution in [0.4, 0.5) is 4.39 Å². The summed E-state index contributed by atoms with van der Waals surface area (Å²) in [6, 6.07) is 6.50. The molecular formula is C16H19FN2. The zero-order valence-electron chi connectivity index (χ0n) is 11.2. The third kappa shape index (κ3) is 1.88. The predicted octanol–water partition coefficient (Wildman–Crippen LogP) is 2.93. The Kier molecular flexibility index (Phi) is 2.46. The van der Waals surface area contributed by atoms with Crippen LogP contribution in [-0.2, 0) is 19.9 Å². The number of hydrogen-bond donors (Lipinski definition) is 1. The summed E-state index contributed by atoms with van der Waals surface area (Å²) in [6.45, 7) is 0. The number of halogens is 1. The minimum Gasteiger partial charge on any atom is -0.347 e. The molecule has 0 spiro atoms. The second-order valence-electron chi connectivity index (χ2n) is 6.03. The molecule has 1 unspecified atom stereocenters. The second-order valence-corrected chi connectivity index (χ2v) is 6.03. The molecule has 0 radical (unpaired) electrons. The summed E-state index contributed by atoms with van der Waals surface area (Å²) in [5.74, 6) is -0.127. The van der Waals surface area contributed by atoms with Crippen LogP contribution in [0.3, 0.4) is 0 Å². The zero-order chi connectivity index (χ0) is 13.0. The Morgan fingerprint density at radius 3 is 2.84 bits per heavy atom. The summed E-state index contributed by atoms with van der Waals surface area (Å²) in [4.78, 5) is 0.